The summed E-state index contributed by atoms with van der Waals surface area (Å²) < 4.78 is 5.47. The molecule has 1 atom stereocenters. The first-order chi connectivity index (χ1) is 16.1. The summed E-state index contributed by atoms with van der Waals surface area (Å²) in [7, 11) is 1.68. The van der Waals surface area contributed by atoms with Gasteiger partial charge >= 0.3 is 0 Å². The van der Waals surface area contributed by atoms with Crippen molar-refractivity contribution in [2.24, 2.45) is 0 Å². The van der Waals surface area contributed by atoms with Crippen LogP contribution < -0.4 is 4.74 Å². The van der Waals surface area contributed by atoms with Crippen LogP contribution in [0.3, 0.4) is 0 Å². The number of hydrogen-bond acceptors (Lipinski definition) is 5. The molecule has 0 saturated carbocycles. The Morgan fingerprint density at radius 1 is 1.27 bits per heavy atom. The van der Waals surface area contributed by atoms with Crippen molar-refractivity contribution >= 4 is 16.8 Å². The third-order valence-corrected chi connectivity index (χ3v) is 7.48. The molecule has 174 valence electrons. The molecule has 2 aliphatic heterocycles. The van der Waals surface area contributed by atoms with Crippen LogP contribution in [0, 0.1) is 0 Å². The molecule has 2 aromatic heterocycles. The summed E-state index contributed by atoms with van der Waals surface area (Å²) in [4.78, 5) is 24.9. The fraction of sp³-hybridized carbons (Fsp3) is 0.462. The van der Waals surface area contributed by atoms with Gasteiger partial charge in [-0.05, 0) is 42.7 Å². The number of aliphatic hydroxyl groups is 1. The number of H-pyrrole nitrogens is 1. The lowest BCUT2D eigenvalue weighted by atomic mass is 9.68. The van der Waals surface area contributed by atoms with Crippen LogP contribution in [-0.4, -0.2) is 64.1 Å². The van der Waals surface area contributed by atoms with E-state index < -0.39 is 0 Å². The lowest BCUT2D eigenvalue weighted by Crippen LogP contribution is -2.54. The summed E-state index contributed by atoms with van der Waals surface area (Å²) in [5.74, 6) is 1.03. The Hall–Kier alpha value is -2.90. The number of benzene rings is 1. The lowest BCUT2D eigenvalue weighted by Gasteiger charge is -2.50. The molecular formula is C26H32N4O3. The third kappa shape index (κ3) is 3.79. The Balaban J connectivity index is 1.60. The number of hydrogen-bond donors (Lipinski definition) is 2. The molecule has 0 radical (unpaired) electrons. The zero-order valence-corrected chi connectivity index (χ0v) is 19.4. The SMILES string of the molecule is CCC(=O)N1CCC2(CC1)CN(Cc1ccccn1)[C@H](CO)c1[nH]c3cc(OC)ccc3c12. The van der Waals surface area contributed by atoms with Crippen LogP contribution in [0.1, 0.15) is 49.2 Å². The van der Waals surface area contributed by atoms with E-state index in [0.29, 0.717) is 13.0 Å². The number of pyridine rings is 1. The number of carbonyl (C=O) groups excluding carboxylic acids is 1. The van der Waals surface area contributed by atoms with Crippen LogP contribution in [0.25, 0.3) is 10.9 Å². The van der Waals surface area contributed by atoms with Crippen LogP contribution in [0.15, 0.2) is 42.6 Å². The number of carbonyl (C=O) groups is 1. The molecular weight excluding hydrogens is 416 g/mol. The summed E-state index contributed by atoms with van der Waals surface area (Å²) in [5, 5.41) is 11.7. The zero-order chi connectivity index (χ0) is 23.0. The highest BCUT2D eigenvalue weighted by atomic mass is 16.5. The van der Waals surface area contributed by atoms with Crippen LogP contribution in [0.4, 0.5) is 0 Å². The first-order valence-corrected chi connectivity index (χ1v) is 11.8. The van der Waals surface area contributed by atoms with Gasteiger partial charge in [0.1, 0.15) is 5.75 Å². The number of nitrogens with zero attached hydrogens (tertiary/aromatic N) is 3. The van der Waals surface area contributed by atoms with Crippen molar-refractivity contribution in [1.82, 2.24) is 19.8 Å². The van der Waals surface area contributed by atoms with E-state index in [0.717, 1.165) is 55.1 Å². The first kappa shape index (κ1) is 21.9. The Morgan fingerprint density at radius 3 is 2.76 bits per heavy atom. The summed E-state index contributed by atoms with van der Waals surface area (Å²) in [6, 6.07) is 12.0. The summed E-state index contributed by atoms with van der Waals surface area (Å²) in [5.41, 5.74) is 4.32. The van der Waals surface area contributed by atoms with E-state index in [9.17, 15) is 9.90 Å². The molecule has 5 rings (SSSR count). The van der Waals surface area contributed by atoms with Crippen molar-refractivity contribution in [3.8, 4) is 5.75 Å². The van der Waals surface area contributed by atoms with Crippen molar-refractivity contribution in [2.75, 3.05) is 33.4 Å². The smallest absolute Gasteiger partial charge is 0.222 e. The number of rotatable bonds is 5. The average molecular weight is 449 g/mol. The maximum atomic E-state index is 12.4. The standard InChI is InChI=1S/C26H32N4O3/c1-3-23(32)29-12-9-26(10-13-29)17-30(15-18-6-4-5-11-27-18)22(16-31)25-24(26)20-8-7-19(33-2)14-21(20)28-25/h4-8,11,14,22,28,31H,3,9-10,12-13,15-17H2,1-2H3/t22-/m1/s1. The number of aromatic amines is 1. The number of nitrogens with one attached hydrogen (secondary N) is 1. The van der Waals surface area contributed by atoms with E-state index in [-0.39, 0.29) is 24.0 Å². The largest absolute Gasteiger partial charge is 0.497 e. The predicted octanol–water partition coefficient (Wildman–Crippen LogP) is 3.39. The maximum absolute atomic E-state index is 12.4. The first-order valence-electron chi connectivity index (χ1n) is 11.8. The van der Waals surface area contributed by atoms with E-state index in [1.165, 1.54) is 10.9 Å². The molecule has 2 aliphatic rings. The van der Waals surface area contributed by atoms with Crippen molar-refractivity contribution in [3.63, 3.8) is 0 Å². The van der Waals surface area contributed by atoms with Gasteiger partial charge < -0.3 is 19.7 Å². The topological polar surface area (TPSA) is 81.7 Å². The number of aliphatic hydroxyl groups excluding tert-OH is 1. The molecule has 0 aliphatic carbocycles. The van der Waals surface area contributed by atoms with E-state index in [2.05, 4.69) is 20.9 Å². The van der Waals surface area contributed by atoms with E-state index in [4.69, 9.17) is 4.74 Å². The Morgan fingerprint density at radius 2 is 2.09 bits per heavy atom. The summed E-state index contributed by atoms with van der Waals surface area (Å²) >= 11 is 0. The Kier molecular flexibility index (Phi) is 5.85. The number of amides is 1. The van der Waals surface area contributed by atoms with E-state index in [1.54, 1.807) is 7.11 Å². The van der Waals surface area contributed by atoms with Gasteiger partial charge in [0, 0.05) is 66.9 Å². The van der Waals surface area contributed by atoms with Crippen molar-refractivity contribution < 1.29 is 14.6 Å². The Bertz CT molecular complexity index is 1140. The number of piperidine rings is 1. The highest BCUT2D eigenvalue weighted by Crippen LogP contribution is 2.49. The van der Waals surface area contributed by atoms with Gasteiger partial charge in [0.05, 0.1) is 25.5 Å². The third-order valence-electron chi connectivity index (χ3n) is 7.48. The van der Waals surface area contributed by atoms with Crippen molar-refractivity contribution in [3.05, 3.63) is 59.5 Å². The number of likely N-dealkylation sites (tertiary alicyclic amines) is 1. The van der Waals surface area contributed by atoms with E-state index in [1.807, 2.05) is 48.4 Å². The van der Waals surface area contributed by atoms with Crippen LogP contribution in [0.2, 0.25) is 0 Å². The van der Waals surface area contributed by atoms with E-state index >= 15 is 0 Å². The second kappa shape index (κ2) is 8.80. The second-order valence-electron chi connectivity index (χ2n) is 9.26. The molecule has 3 aromatic rings. The molecule has 1 fully saturated rings. The predicted molar refractivity (Wildman–Crippen MR) is 127 cm³/mol. The number of aromatic nitrogens is 2. The quantitative estimate of drug-likeness (QED) is 0.625. The molecule has 33 heavy (non-hydrogen) atoms. The molecule has 7 nitrogen and oxygen atoms in total. The van der Waals surface area contributed by atoms with Crippen molar-refractivity contribution in [1.29, 1.82) is 0 Å². The number of methoxy groups -OCH3 is 1. The molecule has 2 N–H and O–H groups in total. The average Bonchev–Trinajstić information content (AvgIpc) is 3.24. The van der Waals surface area contributed by atoms with Crippen LogP contribution in [0.5, 0.6) is 5.75 Å². The minimum atomic E-state index is -0.138. The fourth-order valence-electron chi connectivity index (χ4n) is 5.79. The minimum absolute atomic E-state index is 0.0281. The maximum Gasteiger partial charge on any atom is 0.222 e. The van der Waals surface area contributed by atoms with Crippen LogP contribution in [-0.2, 0) is 16.8 Å². The van der Waals surface area contributed by atoms with Gasteiger partial charge in [-0.2, -0.15) is 0 Å². The number of ether oxygens (including phenoxy) is 1. The van der Waals surface area contributed by atoms with Gasteiger partial charge in [-0.1, -0.05) is 13.0 Å². The molecule has 1 amide bonds. The molecule has 1 saturated heterocycles. The normalized spacial score (nSPS) is 20.2. The number of fused-ring (bicyclic) bond motifs is 4. The molecule has 1 aromatic carbocycles. The van der Waals surface area contributed by atoms with Gasteiger partial charge in [0.2, 0.25) is 5.91 Å². The van der Waals surface area contributed by atoms with Gasteiger partial charge in [-0.15, -0.1) is 0 Å². The minimum Gasteiger partial charge on any atom is -0.497 e. The zero-order valence-electron chi connectivity index (χ0n) is 19.4. The second-order valence-corrected chi connectivity index (χ2v) is 9.26. The highest BCUT2D eigenvalue weighted by Gasteiger charge is 2.47. The van der Waals surface area contributed by atoms with Gasteiger partial charge in [-0.25, -0.2) is 0 Å². The summed E-state index contributed by atoms with van der Waals surface area (Å²) in [6.07, 6.45) is 4.17. The molecule has 0 unspecified atom stereocenters. The van der Waals surface area contributed by atoms with Gasteiger partial charge in [0.15, 0.2) is 0 Å². The molecule has 7 heteroatoms. The fourth-order valence-corrected chi connectivity index (χ4v) is 5.79. The molecule has 0 bridgehead atoms. The van der Waals surface area contributed by atoms with Gasteiger partial charge in [-0.3, -0.25) is 14.7 Å². The molecule has 4 heterocycles. The van der Waals surface area contributed by atoms with Crippen molar-refractivity contribution in [2.45, 2.75) is 44.2 Å². The Labute approximate surface area is 194 Å². The highest BCUT2D eigenvalue weighted by molar-refractivity contribution is 5.88. The lowest BCUT2D eigenvalue weighted by molar-refractivity contribution is -0.132. The van der Waals surface area contributed by atoms with Crippen LogP contribution >= 0.6 is 0 Å². The molecule has 1 spiro atoms. The monoisotopic (exact) mass is 448 g/mol. The summed E-state index contributed by atoms with van der Waals surface area (Å²) in [6.45, 7) is 4.98. The van der Waals surface area contributed by atoms with Gasteiger partial charge in [0.25, 0.3) is 0 Å².